The van der Waals surface area contributed by atoms with Crippen molar-refractivity contribution < 1.29 is 45.6 Å². The number of aromatic carboxylic acids is 1. The number of carboxylic acid groups (broad SMARTS) is 1. The smallest absolute Gasteiger partial charge is 0.339 e. The van der Waals surface area contributed by atoms with E-state index in [9.17, 15) is 4.79 Å². The molecule has 126 valence electrons. The van der Waals surface area contributed by atoms with E-state index >= 15 is 0 Å². The minimum atomic E-state index is -1.67. The van der Waals surface area contributed by atoms with Crippen LogP contribution in [0.1, 0.15) is 10.4 Å². The lowest BCUT2D eigenvalue weighted by Gasteiger charge is -2.24. The van der Waals surface area contributed by atoms with Crippen LogP contribution >= 0.6 is 0 Å². The summed E-state index contributed by atoms with van der Waals surface area (Å²) in [4.78, 5) is 10.3. The normalized spacial score (nSPS) is 15.9. The van der Waals surface area contributed by atoms with E-state index in [4.69, 9.17) is 40.9 Å². The zero-order valence-electron chi connectivity index (χ0n) is 11.5. The summed E-state index contributed by atoms with van der Waals surface area (Å²) in [7, 11) is 0. The number of carboxylic acids is 1. The zero-order valence-corrected chi connectivity index (χ0v) is 11.5. The molecule has 0 saturated heterocycles. The van der Waals surface area contributed by atoms with Crippen LogP contribution in [0.2, 0.25) is 0 Å². The lowest BCUT2D eigenvalue weighted by atomic mass is 10.0. The van der Waals surface area contributed by atoms with Crippen LogP contribution in [0.5, 0.6) is 5.75 Å². The van der Waals surface area contributed by atoms with Crippen LogP contribution in [0.4, 0.5) is 0 Å². The quantitative estimate of drug-likeness (QED) is 0.281. The number of carbonyl (C=O) groups is 1. The Kier molecular flexibility index (Phi) is 9.26. The van der Waals surface area contributed by atoms with Crippen LogP contribution in [0.15, 0.2) is 24.3 Å². The maximum absolute atomic E-state index is 10.3. The third kappa shape index (κ3) is 6.35. The SMILES string of the molecule is O=C(O)c1ccccc1O.OC[C@@H](O)[C@@H](O)[C@H](O)[C@H](O)CO. The predicted molar refractivity (Wildman–Crippen MR) is 73.3 cm³/mol. The first-order valence-electron chi connectivity index (χ1n) is 6.21. The van der Waals surface area contributed by atoms with Gasteiger partial charge in [0, 0.05) is 0 Å². The van der Waals surface area contributed by atoms with Gasteiger partial charge < -0.3 is 40.9 Å². The summed E-state index contributed by atoms with van der Waals surface area (Å²) in [6.45, 7) is -1.45. The first-order chi connectivity index (χ1) is 10.3. The summed E-state index contributed by atoms with van der Waals surface area (Å²) in [6, 6.07) is 5.81. The van der Waals surface area contributed by atoms with Crippen molar-refractivity contribution in [3.63, 3.8) is 0 Å². The Morgan fingerprint density at radius 3 is 1.59 bits per heavy atom. The van der Waals surface area contributed by atoms with Crippen molar-refractivity contribution in [1.29, 1.82) is 0 Å². The van der Waals surface area contributed by atoms with Crippen LogP contribution in [0.25, 0.3) is 0 Å². The molecule has 0 aliphatic heterocycles. The van der Waals surface area contributed by atoms with Crippen molar-refractivity contribution in [2.45, 2.75) is 24.4 Å². The molecule has 22 heavy (non-hydrogen) atoms. The number of aliphatic hydroxyl groups is 6. The number of benzene rings is 1. The maximum Gasteiger partial charge on any atom is 0.339 e. The van der Waals surface area contributed by atoms with Gasteiger partial charge in [-0.05, 0) is 12.1 Å². The fraction of sp³-hybridized carbons (Fsp3) is 0.462. The van der Waals surface area contributed by atoms with Gasteiger partial charge in [0.2, 0.25) is 0 Å². The van der Waals surface area contributed by atoms with Crippen molar-refractivity contribution in [3.8, 4) is 5.75 Å². The molecule has 9 nitrogen and oxygen atoms in total. The van der Waals surface area contributed by atoms with E-state index in [1.165, 1.54) is 12.1 Å². The van der Waals surface area contributed by atoms with Gasteiger partial charge in [0.25, 0.3) is 0 Å². The molecule has 1 rings (SSSR count). The third-order valence-electron chi connectivity index (χ3n) is 2.65. The van der Waals surface area contributed by atoms with E-state index in [0.29, 0.717) is 0 Å². The molecule has 0 unspecified atom stereocenters. The Bertz CT molecular complexity index is 437. The molecule has 1 aromatic rings. The average Bonchev–Trinajstić information content (AvgIpc) is 2.52. The zero-order chi connectivity index (χ0) is 17.3. The van der Waals surface area contributed by atoms with Gasteiger partial charge in [-0.2, -0.15) is 0 Å². The number of aromatic hydroxyl groups is 1. The summed E-state index contributed by atoms with van der Waals surface area (Å²) < 4.78 is 0. The van der Waals surface area contributed by atoms with Crippen molar-refractivity contribution in [2.75, 3.05) is 13.2 Å². The second kappa shape index (κ2) is 10.1. The maximum atomic E-state index is 10.3. The molecule has 1 aromatic carbocycles. The van der Waals surface area contributed by atoms with E-state index in [2.05, 4.69) is 0 Å². The molecule has 0 saturated carbocycles. The molecular formula is C13H20O9. The highest BCUT2D eigenvalue weighted by molar-refractivity contribution is 5.90. The summed E-state index contributed by atoms with van der Waals surface area (Å²) in [6.07, 6.45) is -6.39. The Balaban J connectivity index is 0.000000406. The molecule has 0 amide bonds. The lowest BCUT2D eigenvalue weighted by Crippen LogP contribution is -2.46. The Hall–Kier alpha value is -1.75. The van der Waals surface area contributed by atoms with E-state index < -0.39 is 43.6 Å². The van der Waals surface area contributed by atoms with Crippen LogP contribution in [0.3, 0.4) is 0 Å². The van der Waals surface area contributed by atoms with Crippen LogP contribution in [0, 0.1) is 0 Å². The number of phenols is 1. The highest BCUT2D eigenvalue weighted by atomic mass is 16.4. The Morgan fingerprint density at radius 1 is 0.909 bits per heavy atom. The lowest BCUT2D eigenvalue weighted by molar-refractivity contribution is -0.123. The minimum absolute atomic E-state index is 0.0671. The van der Waals surface area contributed by atoms with Gasteiger partial charge in [-0.15, -0.1) is 0 Å². The predicted octanol–water partition coefficient (Wildman–Crippen LogP) is -2.50. The van der Waals surface area contributed by atoms with Gasteiger partial charge in [-0.3, -0.25) is 0 Å². The van der Waals surface area contributed by atoms with Gasteiger partial charge in [-0.1, -0.05) is 12.1 Å². The van der Waals surface area contributed by atoms with Gasteiger partial charge in [0.1, 0.15) is 35.7 Å². The monoisotopic (exact) mass is 320 g/mol. The molecule has 8 N–H and O–H groups in total. The molecule has 0 bridgehead atoms. The third-order valence-corrected chi connectivity index (χ3v) is 2.65. The summed E-state index contributed by atoms with van der Waals surface area (Å²) in [5.74, 6) is -1.31. The molecule has 0 radical (unpaired) electrons. The first-order valence-corrected chi connectivity index (χ1v) is 6.21. The summed E-state index contributed by atoms with van der Waals surface area (Å²) in [5.41, 5.74) is -0.0671. The number of para-hydroxylation sites is 1. The molecule has 4 atom stereocenters. The van der Waals surface area contributed by atoms with Crippen molar-refractivity contribution in [1.82, 2.24) is 0 Å². The minimum Gasteiger partial charge on any atom is -0.507 e. The standard InChI is InChI=1S/C7H6O3.C6H14O6/c8-6-4-2-1-3-5(6)7(9)10;7-1-3(9)5(11)6(12)4(10)2-8/h1-4,8H,(H,9,10);3-12H,1-2H2/t;3-,4-,5-,6-/m.1/s1. The van der Waals surface area contributed by atoms with Gasteiger partial charge in [0.15, 0.2) is 0 Å². The van der Waals surface area contributed by atoms with Gasteiger partial charge in [-0.25, -0.2) is 4.79 Å². The molecule has 0 spiro atoms. The fourth-order valence-electron chi connectivity index (χ4n) is 1.33. The van der Waals surface area contributed by atoms with Gasteiger partial charge in [0.05, 0.1) is 13.2 Å². The highest BCUT2D eigenvalue weighted by Gasteiger charge is 2.29. The number of aliphatic hydroxyl groups excluding tert-OH is 6. The largest absolute Gasteiger partial charge is 0.507 e. The molecular weight excluding hydrogens is 300 g/mol. The highest BCUT2D eigenvalue weighted by Crippen LogP contribution is 2.14. The molecule has 0 aliphatic rings. The Labute approximate surface area is 126 Å². The molecule has 0 aliphatic carbocycles. The average molecular weight is 320 g/mol. The second-order valence-electron chi connectivity index (χ2n) is 4.30. The number of hydrogen-bond donors (Lipinski definition) is 8. The van der Waals surface area contributed by atoms with E-state index in [0.717, 1.165) is 0 Å². The molecule has 9 heteroatoms. The van der Waals surface area contributed by atoms with Gasteiger partial charge >= 0.3 is 5.97 Å². The van der Waals surface area contributed by atoms with Crippen LogP contribution < -0.4 is 0 Å². The molecule has 0 aromatic heterocycles. The summed E-state index contributed by atoms with van der Waals surface area (Å²) in [5, 5.41) is 69.5. The second-order valence-corrected chi connectivity index (χ2v) is 4.30. The van der Waals surface area contributed by atoms with Crippen molar-refractivity contribution in [2.24, 2.45) is 0 Å². The van der Waals surface area contributed by atoms with E-state index in [1.54, 1.807) is 12.1 Å². The fourth-order valence-corrected chi connectivity index (χ4v) is 1.33. The van der Waals surface area contributed by atoms with E-state index in [-0.39, 0.29) is 11.3 Å². The van der Waals surface area contributed by atoms with Crippen molar-refractivity contribution in [3.05, 3.63) is 29.8 Å². The number of rotatable bonds is 6. The summed E-state index contributed by atoms with van der Waals surface area (Å²) >= 11 is 0. The first kappa shape index (κ1) is 20.2. The van der Waals surface area contributed by atoms with Crippen LogP contribution in [-0.4, -0.2) is 84.5 Å². The van der Waals surface area contributed by atoms with Crippen LogP contribution in [-0.2, 0) is 0 Å². The topological polar surface area (TPSA) is 179 Å². The van der Waals surface area contributed by atoms with Crippen molar-refractivity contribution >= 4 is 5.97 Å². The molecule has 0 fully saturated rings. The number of hydrogen-bond acceptors (Lipinski definition) is 8. The Morgan fingerprint density at radius 2 is 1.32 bits per heavy atom. The van der Waals surface area contributed by atoms with E-state index in [1.807, 2.05) is 0 Å². The molecule has 0 heterocycles.